The van der Waals surface area contributed by atoms with E-state index in [-0.39, 0.29) is 31.9 Å². The minimum Gasteiger partial charge on any atom is -1.00 e. The molecule has 0 saturated carbocycles. The van der Waals surface area contributed by atoms with E-state index in [1.165, 1.54) is 5.20 Å². The molecule has 0 N–H and O–H groups in total. The maximum absolute atomic E-state index is 3.03. The first kappa shape index (κ1) is 14.9. The summed E-state index contributed by atoms with van der Waals surface area (Å²) in [4.78, 5) is 0. The Kier molecular flexibility index (Phi) is 7.37. The smallest absolute Gasteiger partial charge is 0.0733 e. The summed E-state index contributed by atoms with van der Waals surface area (Å²) < 4.78 is 0. The Hall–Kier alpha value is 0.390. The fourth-order valence-corrected chi connectivity index (χ4v) is 2.05. The van der Waals surface area contributed by atoms with Crippen molar-refractivity contribution in [3.05, 3.63) is 35.6 Å². The number of hydrogen-bond donors (Lipinski definition) is 0. The van der Waals surface area contributed by atoms with E-state index in [4.69, 9.17) is 0 Å². The number of hydrogen-bond acceptors (Lipinski definition) is 0. The van der Waals surface area contributed by atoms with Crippen molar-refractivity contribution in [1.82, 2.24) is 0 Å². The van der Waals surface area contributed by atoms with Gasteiger partial charge in [-0.2, -0.15) is 0 Å². The molecule has 63 valence electrons. The molecule has 0 aromatic carbocycles. The van der Waals surface area contributed by atoms with Gasteiger partial charge >= 0.3 is 0 Å². The van der Waals surface area contributed by atoms with Gasteiger partial charge in [-0.15, -0.1) is 5.73 Å². The van der Waals surface area contributed by atoms with Gasteiger partial charge in [0.25, 0.3) is 0 Å². The summed E-state index contributed by atoms with van der Waals surface area (Å²) in [6.07, 6.45) is 8.33. The molecule has 0 aromatic heterocycles. The first-order chi connectivity index (χ1) is 4.61. The minimum absolute atomic E-state index is 0. The Morgan fingerprint density at radius 2 is 1.75 bits per heavy atom. The van der Waals surface area contributed by atoms with Crippen LogP contribution in [0.2, 0.25) is 19.6 Å². The zero-order valence-corrected chi connectivity index (χ0v) is 12.6. The minimum atomic E-state index is -1.05. The Labute approximate surface area is 95.0 Å². The molecule has 1 rings (SSSR count). The Bertz CT molecular complexity index is 219. The average Bonchev–Trinajstić information content (AvgIpc) is 1.88. The van der Waals surface area contributed by atoms with Crippen molar-refractivity contribution < 1.29 is 31.9 Å². The van der Waals surface area contributed by atoms with E-state index in [1.54, 1.807) is 0 Å². The molecule has 0 bridgehead atoms. The average molecular weight is 250 g/mol. The summed E-state index contributed by atoms with van der Waals surface area (Å²) in [6.45, 7) is 7.05. The van der Waals surface area contributed by atoms with E-state index >= 15 is 0 Å². The van der Waals surface area contributed by atoms with Crippen molar-refractivity contribution in [1.29, 1.82) is 0 Å². The van der Waals surface area contributed by atoms with Gasteiger partial charge in [-0.05, 0) is 12.2 Å². The molecule has 1 radical (unpaired) electrons. The molecular formula is C9H13ClSiZn-. The van der Waals surface area contributed by atoms with Crippen molar-refractivity contribution in [3.63, 3.8) is 0 Å². The normalized spacial score (nSPS) is 14.4. The van der Waals surface area contributed by atoms with Gasteiger partial charge in [0.1, 0.15) is 0 Å². The van der Waals surface area contributed by atoms with E-state index in [0.717, 1.165) is 0 Å². The van der Waals surface area contributed by atoms with Crippen molar-refractivity contribution in [2.75, 3.05) is 0 Å². The van der Waals surface area contributed by atoms with E-state index < -0.39 is 8.07 Å². The first-order valence-corrected chi connectivity index (χ1v) is 7.07. The van der Waals surface area contributed by atoms with Crippen LogP contribution in [0.15, 0.2) is 29.2 Å². The first-order valence-electron chi connectivity index (χ1n) is 3.57. The van der Waals surface area contributed by atoms with Gasteiger partial charge in [0.2, 0.25) is 0 Å². The number of halogens is 1. The van der Waals surface area contributed by atoms with E-state index in [9.17, 15) is 0 Å². The Morgan fingerprint density at radius 1 is 1.17 bits per heavy atom. The molecule has 0 nitrogen and oxygen atoms in total. The second-order valence-corrected chi connectivity index (χ2v) is 8.62. The molecule has 12 heavy (non-hydrogen) atoms. The monoisotopic (exact) mass is 248 g/mol. The summed E-state index contributed by atoms with van der Waals surface area (Å²) in [5, 5.41) is 1.51. The second-order valence-electron chi connectivity index (χ2n) is 3.54. The zero-order chi connectivity index (χ0) is 7.61. The largest absolute Gasteiger partial charge is 1.00 e. The molecule has 0 fully saturated rings. The van der Waals surface area contributed by atoms with Crippen molar-refractivity contribution >= 4 is 8.07 Å². The molecule has 0 unspecified atom stereocenters. The van der Waals surface area contributed by atoms with Gasteiger partial charge in [-0.25, -0.2) is 0 Å². The summed E-state index contributed by atoms with van der Waals surface area (Å²) >= 11 is 0. The van der Waals surface area contributed by atoms with Crippen LogP contribution >= 0.6 is 0 Å². The third-order valence-corrected chi connectivity index (χ3v) is 3.65. The predicted octanol–water partition coefficient (Wildman–Crippen LogP) is -0.279. The number of allylic oxidation sites excluding steroid dienone is 3. The van der Waals surface area contributed by atoms with Crippen LogP contribution in [-0.2, 0) is 19.5 Å². The molecule has 0 amide bonds. The number of rotatable bonds is 1. The van der Waals surface area contributed by atoms with Crippen LogP contribution in [0.5, 0.6) is 0 Å². The third kappa shape index (κ3) is 4.42. The maximum atomic E-state index is 3.03. The van der Waals surface area contributed by atoms with Gasteiger partial charge in [-0.3, -0.25) is 0 Å². The van der Waals surface area contributed by atoms with Crippen molar-refractivity contribution in [2.24, 2.45) is 0 Å². The van der Waals surface area contributed by atoms with Crippen molar-refractivity contribution in [3.8, 4) is 0 Å². The fraction of sp³-hybridized carbons (Fsp3) is 0.333. The summed E-state index contributed by atoms with van der Waals surface area (Å²) in [5.74, 6) is 0. The third-order valence-electron chi connectivity index (χ3n) is 1.58. The molecule has 0 aromatic rings. The van der Waals surface area contributed by atoms with Gasteiger partial charge in [-0.1, -0.05) is 30.9 Å². The van der Waals surface area contributed by atoms with Crippen LogP contribution in [0.25, 0.3) is 0 Å². The molecule has 1 aliphatic rings. The molecule has 0 aliphatic heterocycles. The van der Waals surface area contributed by atoms with Crippen LogP contribution in [-0.4, -0.2) is 8.07 Å². The van der Waals surface area contributed by atoms with Crippen LogP contribution in [0.4, 0.5) is 0 Å². The van der Waals surface area contributed by atoms with Crippen LogP contribution in [0.1, 0.15) is 0 Å². The summed E-state index contributed by atoms with van der Waals surface area (Å²) in [6, 6.07) is 0. The SMILES string of the molecule is C[Si](C)(C)C1=CC=C=C[CH]1.[Cl-].[Zn]. The van der Waals surface area contributed by atoms with Crippen LogP contribution in [0.3, 0.4) is 0 Å². The van der Waals surface area contributed by atoms with Gasteiger partial charge < -0.3 is 12.4 Å². The van der Waals surface area contributed by atoms with Gasteiger partial charge in [0.15, 0.2) is 0 Å². The molecule has 1 aliphatic carbocycles. The van der Waals surface area contributed by atoms with Crippen LogP contribution in [0, 0.1) is 6.42 Å². The standard InChI is InChI=1S/C9H13Si.ClH.Zn/c1-10(2,3)9-7-5-4-6-8-9;;/h5-8H,1-3H3;1H;/p-1. The van der Waals surface area contributed by atoms with E-state index in [1.807, 2.05) is 12.2 Å². The fourth-order valence-electron chi connectivity index (χ4n) is 0.887. The van der Waals surface area contributed by atoms with E-state index in [0.29, 0.717) is 0 Å². The second kappa shape index (κ2) is 5.94. The quantitative estimate of drug-likeness (QED) is 0.443. The zero-order valence-electron chi connectivity index (χ0n) is 7.89. The Morgan fingerprint density at radius 3 is 2.00 bits per heavy atom. The van der Waals surface area contributed by atoms with Gasteiger partial charge in [0.05, 0.1) is 8.07 Å². The summed E-state index contributed by atoms with van der Waals surface area (Å²) in [5.41, 5.74) is 3.03. The maximum Gasteiger partial charge on any atom is 0.0733 e. The predicted molar refractivity (Wildman–Crippen MR) is 48.4 cm³/mol. The molecule has 0 heterocycles. The molecule has 0 atom stereocenters. The van der Waals surface area contributed by atoms with E-state index in [2.05, 4.69) is 37.9 Å². The van der Waals surface area contributed by atoms with Crippen LogP contribution < -0.4 is 12.4 Å². The molecule has 3 heteroatoms. The van der Waals surface area contributed by atoms with Gasteiger partial charge in [0, 0.05) is 25.9 Å². The Balaban J connectivity index is 0. The summed E-state index contributed by atoms with van der Waals surface area (Å²) in [7, 11) is -1.05. The molecule has 0 spiro atoms. The molecule has 0 saturated heterocycles. The topological polar surface area (TPSA) is 0 Å². The van der Waals surface area contributed by atoms with Crippen molar-refractivity contribution in [2.45, 2.75) is 19.6 Å². The molecular weight excluding hydrogens is 237 g/mol.